The maximum atomic E-state index is 10.9. The number of nitrogens with two attached hydrogens (primary N) is 1. The third-order valence-electron chi connectivity index (χ3n) is 3.33. The molecule has 0 fully saturated rings. The molecule has 2 N–H and O–H groups in total. The summed E-state index contributed by atoms with van der Waals surface area (Å²) in [7, 11) is 0. The summed E-state index contributed by atoms with van der Waals surface area (Å²) < 4.78 is 2.74. The number of hydrogen-bond acceptors (Lipinski definition) is 4. The van der Waals surface area contributed by atoms with Gasteiger partial charge in [-0.2, -0.15) is 0 Å². The number of nitrogens with zero attached hydrogens (tertiary/aromatic N) is 3. The second kappa shape index (κ2) is 4.85. The van der Waals surface area contributed by atoms with Gasteiger partial charge in [0.15, 0.2) is 0 Å². The highest BCUT2D eigenvalue weighted by Gasteiger charge is 2.16. The number of benzene rings is 1. The molecule has 6 nitrogen and oxygen atoms in total. The van der Waals surface area contributed by atoms with Crippen LogP contribution in [0.25, 0.3) is 16.9 Å². The lowest BCUT2D eigenvalue weighted by molar-refractivity contribution is -0.384. The van der Waals surface area contributed by atoms with E-state index in [0.29, 0.717) is 22.7 Å². The van der Waals surface area contributed by atoms with E-state index in [1.54, 1.807) is 12.1 Å². The summed E-state index contributed by atoms with van der Waals surface area (Å²) in [5, 5.41) is 10.9. The van der Waals surface area contributed by atoms with Crippen molar-refractivity contribution in [1.29, 1.82) is 0 Å². The highest BCUT2D eigenvalue weighted by atomic mass is 79.9. The lowest BCUT2D eigenvalue weighted by Gasteiger charge is -2.04. The predicted octanol–water partition coefficient (Wildman–Crippen LogP) is 3.56. The van der Waals surface area contributed by atoms with Crippen molar-refractivity contribution in [3.63, 3.8) is 0 Å². The Labute approximate surface area is 128 Å². The fraction of sp³-hybridized carbons (Fsp3) is 0.0714. The molecule has 0 bridgehead atoms. The van der Waals surface area contributed by atoms with Crippen LogP contribution in [0.2, 0.25) is 0 Å². The number of halogens is 1. The van der Waals surface area contributed by atoms with Gasteiger partial charge in [0, 0.05) is 27.9 Å². The number of nitro benzene ring substituents is 1. The Morgan fingerprint density at radius 2 is 2.10 bits per heavy atom. The van der Waals surface area contributed by atoms with Crippen molar-refractivity contribution >= 4 is 33.1 Å². The molecule has 1 aromatic carbocycles. The topological polar surface area (TPSA) is 86.5 Å². The van der Waals surface area contributed by atoms with E-state index in [9.17, 15) is 10.1 Å². The maximum absolute atomic E-state index is 10.9. The van der Waals surface area contributed by atoms with Gasteiger partial charge < -0.3 is 5.73 Å². The Kier molecular flexibility index (Phi) is 3.13. The standard InChI is InChI=1S/C14H11BrN4O2/c1-8-11(15)5-6-12-17-13(14(16)18(8)12)9-3-2-4-10(7-9)19(20)21/h2-7H,16H2,1H3. The number of non-ortho nitro benzene ring substituents is 1. The number of imidazole rings is 1. The molecule has 2 aromatic heterocycles. The monoisotopic (exact) mass is 346 g/mol. The fourth-order valence-electron chi connectivity index (χ4n) is 2.27. The lowest BCUT2D eigenvalue weighted by Crippen LogP contribution is -1.98. The average molecular weight is 347 g/mol. The number of pyridine rings is 1. The first-order valence-electron chi connectivity index (χ1n) is 6.17. The molecule has 0 aliphatic heterocycles. The molecule has 0 unspecified atom stereocenters. The van der Waals surface area contributed by atoms with E-state index in [-0.39, 0.29) is 5.69 Å². The second-order valence-electron chi connectivity index (χ2n) is 4.61. The fourth-order valence-corrected chi connectivity index (χ4v) is 2.58. The molecule has 0 aliphatic rings. The van der Waals surface area contributed by atoms with Gasteiger partial charge in [-0.25, -0.2) is 4.98 Å². The number of nitrogen functional groups attached to an aromatic ring is 1. The van der Waals surface area contributed by atoms with Crippen molar-refractivity contribution in [1.82, 2.24) is 9.38 Å². The first kappa shape index (κ1) is 13.6. The van der Waals surface area contributed by atoms with Crippen molar-refractivity contribution in [2.24, 2.45) is 0 Å². The van der Waals surface area contributed by atoms with Crippen LogP contribution < -0.4 is 5.73 Å². The van der Waals surface area contributed by atoms with Gasteiger partial charge in [0.2, 0.25) is 0 Å². The molecule has 106 valence electrons. The van der Waals surface area contributed by atoms with Crippen LogP contribution in [-0.4, -0.2) is 14.3 Å². The lowest BCUT2D eigenvalue weighted by atomic mass is 10.1. The SMILES string of the molecule is Cc1c(Br)ccc2nc(-c3cccc([N+](=O)[O-])c3)c(N)n12. The first-order valence-corrected chi connectivity index (χ1v) is 6.96. The van der Waals surface area contributed by atoms with E-state index < -0.39 is 4.92 Å². The molecular weight excluding hydrogens is 336 g/mol. The normalized spacial score (nSPS) is 11.0. The van der Waals surface area contributed by atoms with Gasteiger partial charge in [-0.3, -0.25) is 14.5 Å². The third kappa shape index (κ3) is 2.15. The zero-order valence-corrected chi connectivity index (χ0v) is 12.7. The van der Waals surface area contributed by atoms with E-state index >= 15 is 0 Å². The van der Waals surface area contributed by atoms with Crippen molar-refractivity contribution < 1.29 is 4.92 Å². The Morgan fingerprint density at radius 3 is 2.81 bits per heavy atom. The summed E-state index contributed by atoms with van der Waals surface area (Å²) in [5.74, 6) is 0.462. The van der Waals surface area contributed by atoms with Gasteiger partial charge in [0.1, 0.15) is 17.2 Å². The summed E-state index contributed by atoms with van der Waals surface area (Å²) in [6, 6.07) is 10.0. The number of rotatable bonds is 2. The molecule has 0 radical (unpaired) electrons. The number of hydrogen-bond donors (Lipinski definition) is 1. The summed E-state index contributed by atoms with van der Waals surface area (Å²) in [4.78, 5) is 14.9. The highest BCUT2D eigenvalue weighted by molar-refractivity contribution is 9.10. The van der Waals surface area contributed by atoms with Gasteiger partial charge >= 0.3 is 0 Å². The average Bonchev–Trinajstić information content (AvgIpc) is 2.81. The predicted molar refractivity (Wildman–Crippen MR) is 84.1 cm³/mol. The highest BCUT2D eigenvalue weighted by Crippen LogP contribution is 2.31. The maximum Gasteiger partial charge on any atom is 0.270 e. The first-order chi connectivity index (χ1) is 9.99. The Hall–Kier alpha value is -2.41. The van der Waals surface area contributed by atoms with Crippen LogP contribution >= 0.6 is 15.9 Å². The Bertz CT molecular complexity index is 873. The largest absolute Gasteiger partial charge is 0.383 e. The zero-order valence-electron chi connectivity index (χ0n) is 11.1. The van der Waals surface area contributed by atoms with Crippen LogP contribution in [0, 0.1) is 17.0 Å². The number of aromatic nitrogens is 2. The molecule has 0 amide bonds. The quantitative estimate of drug-likeness (QED) is 0.567. The van der Waals surface area contributed by atoms with Gasteiger partial charge in [0.05, 0.1) is 4.92 Å². The molecular formula is C14H11BrN4O2. The Morgan fingerprint density at radius 1 is 1.33 bits per heavy atom. The van der Waals surface area contributed by atoms with Gasteiger partial charge in [-0.15, -0.1) is 0 Å². The molecule has 21 heavy (non-hydrogen) atoms. The minimum atomic E-state index is -0.433. The molecule has 0 saturated heterocycles. The van der Waals surface area contributed by atoms with E-state index in [2.05, 4.69) is 20.9 Å². The molecule has 0 aliphatic carbocycles. The smallest absolute Gasteiger partial charge is 0.270 e. The molecule has 3 rings (SSSR count). The van der Waals surface area contributed by atoms with Gasteiger partial charge in [-0.1, -0.05) is 12.1 Å². The van der Waals surface area contributed by atoms with Gasteiger partial charge in [0.25, 0.3) is 5.69 Å². The molecule has 0 saturated carbocycles. The van der Waals surface area contributed by atoms with Crippen molar-refractivity contribution in [3.05, 3.63) is 56.7 Å². The second-order valence-corrected chi connectivity index (χ2v) is 5.47. The minimum absolute atomic E-state index is 0.0156. The van der Waals surface area contributed by atoms with Crippen LogP contribution in [-0.2, 0) is 0 Å². The van der Waals surface area contributed by atoms with E-state index in [1.807, 2.05) is 23.5 Å². The summed E-state index contributed by atoms with van der Waals surface area (Å²) in [6.07, 6.45) is 0. The van der Waals surface area contributed by atoms with Crippen molar-refractivity contribution in [3.8, 4) is 11.3 Å². The summed E-state index contributed by atoms with van der Waals surface area (Å²) in [6.45, 7) is 1.92. The van der Waals surface area contributed by atoms with E-state index in [4.69, 9.17) is 5.73 Å². The third-order valence-corrected chi connectivity index (χ3v) is 4.17. The van der Waals surface area contributed by atoms with Crippen LogP contribution in [0.5, 0.6) is 0 Å². The molecule has 0 atom stereocenters. The Balaban J connectivity index is 2.26. The summed E-state index contributed by atoms with van der Waals surface area (Å²) >= 11 is 3.45. The molecule has 2 heterocycles. The number of nitro groups is 1. The number of fused-ring (bicyclic) bond motifs is 1. The number of aryl methyl sites for hydroxylation is 1. The van der Waals surface area contributed by atoms with Crippen LogP contribution in [0.1, 0.15) is 5.69 Å². The molecule has 0 spiro atoms. The minimum Gasteiger partial charge on any atom is -0.383 e. The number of anilines is 1. The van der Waals surface area contributed by atoms with Crippen molar-refractivity contribution in [2.75, 3.05) is 5.73 Å². The van der Waals surface area contributed by atoms with Crippen molar-refractivity contribution in [2.45, 2.75) is 6.92 Å². The van der Waals surface area contributed by atoms with Crippen LogP contribution in [0.3, 0.4) is 0 Å². The molecule has 3 aromatic rings. The summed E-state index contributed by atoms with van der Waals surface area (Å²) in [5.41, 5.74) is 8.99. The van der Waals surface area contributed by atoms with Gasteiger partial charge in [-0.05, 0) is 35.0 Å². The molecule has 7 heteroatoms. The van der Waals surface area contributed by atoms with E-state index in [1.165, 1.54) is 12.1 Å². The van der Waals surface area contributed by atoms with Crippen LogP contribution in [0.15, 0.2) is 40.9 Å². The zero-order chi connectivity index (χ0) is 15.1. The van der Waals surface area contributed by atoms with E-state index in [0.717, 1.165) is 10.2 Å². The van der Waals surface area contributed by atoms with Crippen LogP contribution in [0.4, 0.5) is 11.5 Å².